The van der Waals surface area contributed by atoms with Crippen molar-refractivity contribution < 1.29 is 0 Å². The molecule has 1 aromatic rings. The minimum absolute atomic E-state index is 0.364. The molecule has 5 nitrogen and oxygen atoms in total. The molecule has 18 heavy (non-hydrogen) atoms. The molecule has 7 heteroatoms. The molecule has 2 aliphatic heterocycles. The fraction of sp³-hybridized carbons (Fsp3) is 0.545. The van der Waals surface area contributed by atoms with Crippen LogP contribution in [0.2, 0.25) is 13.6 Å². The van der Waals surface area contributed by atoms with Crippen molar-refractivity contribution in [3.63, 3.8) is 0 Å². The normalized spacial score (nSPS) is 17.9. The highest BCUT2D eigenvalue weighted by Crippen LogP contribution is 2.44. The fourth-order valence-corrected chi connectivity index (χ4v) is 2.79. The zero-order chi connectivity index (χ0) is 13.2. The lowest BCUT2D eigenvalue weighted by Gasteiger charge is -2.20. The Morgan fingerprint density at radius 1 is 0.778 bits per heavy atom. The Morgan fingerprint density at radius 2 is 1.17 bits per heavy atom. The number of hydrogen-bond donors (Lipinski definition) is 0. The van der Waals surface area contributed by atoms with E-state index >= 15 is 0 Å². The second-order valence-corrected chi connectivity index (χ2v) is 5.38. The molecule has 0 aromatic carbocycles. The van der Waals surface area contributed by atoms with Gasteiger partial charge >= 0.3 is 14.0 Å². The lowest BCUT2D eigenvalue weighted by molar-refractivity contribution is 1.17. The zero-order valence-corrected chi connectivity index (χ0v) is 12.0. The highest BCUT2D eigenvalue weighted by atomic mass is 15.4. The minimum atomic E-state index is 0.364. The third-order valence-corrected chi connectivity index (χ3v) is 4.61. The highest BCUT2D eigenvalue weighted by Gasteiger charge is 2.39. The Balaban J connectivity index is 2.17. The summed E-state index contributed by atoms with van der Waals surface area (Å²) in [6.07, 6.45) is 0. The smallest absolute Gasteiger partial charge is 0.373 e. The summed E-state index contributed by atoms with van der Waals surface area (Å²) in [4.78, 5) is 13.9. The largest absolute Gasteiger partial charge is 0.396 e. The molecule has 0 saturated carbocycles. The topological polar surface area (TPSA) is 25.9 Å². The minimum Gasteiger partial charge on any atom is -0.396 e. The molecule has 1 aromatic heterocycles. The molecule has 0 unspecified atom stereocenters. The number of pyridine rings is 1. The summed E-state index contributed by atoms with van der Waals surface area (Å²) >= 11 is 0. The quantitative estimate of drug-likeness (QED) is 0.635. The van der Waals surface area contributed by atoms with Gasteiger partial charge in [0, 0.05) is 0 Å². The summed E-state index contributed by atoms with van der Waals surface area (Å²) < 4.78 is 0. The van der Waals surface area contributed by atoms with Crippen LogP contribution in [0.5, 0.6) is 0 Å². The average Bonchev–Trinajstić information content (AvgIpc) is 2.71. The summed E-state index contributed by atoms with van der Waals surface area (Å²) in [7, 11) is 8.47. The molecule has 2 aliphatic rings. The van der Waals surface area contributed by atoms with Crippen LogP contribution in [0.3, 0.4) is 0 Å². The van der Waals surface area contributed by atoms with E-state index in [1.165, 1.54) is 11.4 Å². The fourth-order valence-electron chi connectivity index (χ4n) is 2.79. The van der Waals surface area contributed by atoms with Crippen molar-refractivity contribution in [2.24, 2.45) is 0 Å². The van der Waals surface area contributed by atoms with Gasteiger partial charge in [-0.2, -0.15) is 0 Å². The van der Waals surface area contributed by atoms with Crippen LogP contribution in [0.1, 0.15) is 0 Å². The van der Waals surface area contributed by atoms with Crippen LogP contribution in [-0.2, 0) is 0 Å². The Hall–Kier alpha value is -1.52. The number of nitrogens with zero attached hydrogens (tertiary/aromatic N) is 5. The van der Waals surface area contributed by atoms with E-state index in [1.807, 2.05) is 0 Å². The van der Waals surface area contributed by atoms with Crippen LogP contribution in [0.25, 0.3) is 0 Å². The molecule has 0 radical (unpaired) electrons. The van der Waals surface area contributed by atoms with Crippen molar-refractivity contribution in [1.29, 1.82) is 0 Å². The number of aromatic nitrogens is 1. The average molecular weight is 243 g/mol. The SMILES string of the molecule is CB1N(C)c2cc3c(nc2N1C)N(C)B(C)N3C. The van der Waals surface area contributed by atoms with Crippen molar-refractivity contribution in [3.8, 4) is 0 Å². The molecule has 0 fully saturated rings. The maximum Gasteiger partial charge on any atom is 0.373 e. The van der Waals surface area contributed by atoms with Crippen molar-refractivity contribution >= 4 is 37.0 Å². The molecular weight excluding hydrogens is 224 g/mol. The molecule has 3 heterocycles. The van der Waals surface area contributed by atoms with Crippen molar-refractivity contribution in [3.05, 3.63) is 6.07 Å². The summed E-state index contributed by atoms with van der Waals surface area (Å²) in [5, 5.41) is 0. The molecule has 0 amide bonds. The highest BCUT2D eigenvalue weighted by molar-refractivity contribution is 6.69. The molecule has 0 aliphatic carbocycles. The second-order valence-electron chi connectivity index (χ2n) is 5.38. The van der Waals surface area contributed by atoms with E-state index in [0.717, 1.165) is 11.6 Å². The van der Waals surface area contributed by atoms with Gasteiger partial charge < -0.3 is 19.2 Å². The lowest BCUT2D eigenvalue weighted by Crippen LogP contribution is -2.42. The Kier molecular flexibility index (Phi) is 2.24. The van der Waals surface area contributed by atoms with E-state index in [1.54, 1.807) is 0 Å². The molecule has 3 rings (SSSR count). The van der Waals surface area contributed by atoms with E-state index in [2.05, 4.69) is 67.1 Å². The monoisotopic (exact) mass is 243 g/mol. The number of fused-ring (bicyclic) bond motifs is 2. The molecule has 94 valence electrons. The van der Waals surface area contributed by atoms with Gasteiger partial charge in [-0.15, -0.1) is 0 Å². The zero-order valence-electron chi connectivity index (χ0n) is 12.0. The van der Waals surface area contributed by atoms with Crippen LogP contribution >= 0.6 is 0 Å². The van der Waals surface area contributed by atoms with Crippen molar-refractivity contribution in [2.75, 3.05) is 47.4 Å². The standard InChI is InChI=1S/C11H19B2N5/c1-12-15(3)8-7-9-11(14-10(8)17(12)5)18(6)13(2)16(9)4/h7H,1-6H3. The molecule has 0 N–H and O–H groups in total. The van der Waals surface area contributed by atoms with Gasteiger partial charge in [0.25, 0.3) is 0 Å². The molecule has 0 saturated heterocycles. The van der Waals surface area contributed by atoms with E-state index < -0.39 is 0 Å². The van der Waals surface area contributed by atoms with E-state index in [9.17, 15) is 0 Å². The summed E-state index contributed by atoms with van der Waals surface area (Å²) in [5.74, 6) is 2.16. The molecule has 0 spiro atoms. The van der Waals surface area contributed by atoms with Crippen molar-refractivity contribution in [1.82, 2.24) is 4.98 Å². The number of anilines is 4. The predicted octanol–water partition coefficient (Wildman–Crippen LogP) is 1.09. The lowest BCUT2D eigenvalue weighted by atomic mass is 9.78. The summed E-state index contributed by atoms with van der Waals surface area (Å²) in [5.41, 5.74) is 2.44. The van der Waals surface area contributed by atoms with Crippen LogP contribution < -0.4 is 19.2 Å². The van der Waals surface area contributed by atoms with Gasteiger partial charge in [-0.05, 0) is 47.9 Å². The maximum atomic E-state index is 4.87. The first-order valence-corrected chi connectivity index (χ1v) is 6.40. The number of hydrogen-bond acceptors (Lipinski definition) is 5. The van der Waals surface area contributed by atoms with E-state index in [-0.39, 0.29) is 0 Å². The van der Waals surface area contributed by atoms with Gasteiger partial charge in [0.15, 0.2) is 0 Å². The first-order valence-electron chi connectivity index (χ1n) is 6.40. The third kappa shape index (κ3) is 1.22. The van der Waals surface area contributed by atoms with Gasteiger partial charge in [-0.25, -0.2) is 4.98 Å². The molecule has 0 bridgehead atoms. The Labute approximate surface area is 110 Å². The predicted molar refractivity (Wildman–Crippen MR) is 81.1 cm³/mol. The summed E-state index contributed by atoms with van der Waals surface area (Å²) in [6.45, 7) is 5.12. The van der Waals surface area contributed by atoms with Crippen LogP contribution in [0, 0.1) is 0 Å². The van der Waals surface area contributed by atoms with Gasteiger partial charge in [0.2, 0.25) is 0 Å². The van der Waals surface area contributed by atoms with Gasteiger partial charge in [-0.3, -0.25) is 0 Å². The number of rotatable bonds is 0. The molecular formula is C11H19B2N5. The van der Waals surface area contributed by atoms with E-state index in [4.69, 9.17) is 4.98 Å². The van der Waals surface area contributed by atoms with Crippen LogP contribution in [-0.4, -0.2) is 47.1 Å². The van der Waals surface area contributed by atoms with Crippen LogP contribution in [0.4, 0.5) is 23.0 Å². The second kappa shape index (κ2) is 3.49. The first kappa shape index (κ1) is 11.6. The Morgan fingerprint density at radius 3 is 1.56 bits per heavy atom. The maximum absolute atomic E-state index is 4.87. The first-order chi connectivity index (χ1) is 8.43. The third-order valence-electron chi connectivity index (χ3n) is 4.61. The van der Waals surface area contributed by atoms with Gasteiger partial charge in [0.1, 0.15) is 11.6 Å². The van der Waals surface area contributed by atoms with Gasteiger partial charge in [0.05, 0.1) is 11.4 Å². The summed E-state index contributed by atoms with van der Waals surface area (Å²) in [6, 6.07) is 2.26. The van der Waals surface area contributed by atoms with Gasteiger partial charge in [-0.1, -0.05) is 0 Å². The van der Waals surface area contributed by atoms with Crippen LogP contribution in [0.15, 0.2) is 6.07 Å². The van der Waals surface area contributed by atoms with E-state index in [0.29, 0.717) is 14.0 Å². The van der Waals surface area contributed by atoms with Crippen molar-refractivity contribution in [2.45, 2.75) is 13.6 Å². The Bertz CT molecular complexity index is 424. The molecule has 0 atom stereocenters.